The molecule has 2 aliphatic rings. The van der Waals surface area contributed by atoms with Gasteiger partial charge in [-0.05, 0) is 30.9 Å². The molecule has 0 radical (unpaired) electrons. The number of nitrogens with zero attached hydrogens (tertiary/aromatic N) is 1. The molecule has 0 spiro atoms. The van der Waals surface area contributed by atoms with Gasteiger partial charge < -0.3 is 15.7 Å². The molecule has 1 aromatic rings. The van der Waals surface area contributed by atoms with Crippen LogP contribution >= 0.6 is 0 Å². The van der Waals surface area contributed by atoms with E-state index >= 15 is 0 Å². The molecule has 3 N–H and O–H groups in total. The van der Waals surface area contributed by atoms with Crippen LogP contribution in [0.2, 0.25) is 0 Å². The van der Waals surface area contributed by atoms with Gasteiger partial charge in [-0.2, -0.15) is 0 Å². The summed E-state index contributed by atoms with van der Waals surface area (Å²) >= 11 is 0. The minimum absolute atomic E-state index is 0.126. The number of hydrogen-bond donors (Lipinski definition) is 2. The van der Waals surface area contributed by atoms with Crippen molar-refractivity contribution in [3.63, 3.8) is 0 Å². The number of anilines is 1. The van der Waals surface area contributed by atoms with Gasteiger partial charge in [0.15, 0.2) is 0 Å². The van der Waals surface area contributed by atoms with Crippen LogP contribution < -0.4 is 10.6 Å². The summed E-state index contributed by atoms with van der Waals surface area (Å²) in [6.07, 6.45) is 3.75. The fourth-order valence-electron chi connectivity index (χ4n) is 3.44. The summed E-state index contributed by atoms with van der Waals surface area (Å²) in [4.78, 5) is 25.8. The lowest BCUT2D eigenvalue weighted by Crippen LogP contribution is -2.56. The first kappa shape index (κ1) is 14.1. The average molecular weight is 288 g/mol. The number of fused-ring (bicyclic) bond motifs is 1. The summed E-state index contributed by atoms with van der Waals surface area (Å²) < 4.78 is 0. The molecule has 1 atom stereocenters. The lowest BCUT2D eigenvalue weighted by molar-refractivity contribution is -0.141. The topological polar surface area (TPSA) is 83.6 Å². The first-order valence-electron chi connectivity index (χ1n) is 7.43. The number of carboxylic acid groups (broad SMARTS) is 1. The van der Waals surface area contributed by atoms with Gasteiger partial charge in [0, 0.05) is 12.2 Å². The van der Waals surface area contributed by atoms with E-state index in [1.54, 1.807) is 4.90 Å². The standard InChI is InChI=1S/C16H20N2O3/c17-16(7-3-4-8-16)15(21)18-10-12(14(19)20)9-11-5-1-2-6-13(11)18/h1-2,5-6,12H,3-4,7-10,17H2,(H,19,20). The van der Waals surface area contributed by atoms with E-state index in [1.807, 2.05) is 24.3 Å². The number of para-hydroxylation sites is 1. The van der Waals surface area contributed by atoms with Crippen molar-refractivity contribution in [1.29, 1.82) is 0 Å². The molecule has 1 aromatic carbocycles. The third kappa shape index (κ3) is 2.42. The molecule has 21 heavy (non-hydrogen) atoms. The number of aliphatic carboxylic acids is 1. The molecule has 0 aromatic heterocycles. The highest BCUT2D eigenvalue weighted by Gasteiger charge is 2.43. The molecular weight excluding hydrogens is 268 g/mol. The lowest BCUT2D eigenvalue weighted by atomic mass is 9.89. The molecule has 3 rings (SSSR count). The van der Waals surface area contributed by atoms with Gasteiger partial charge in [0.2, 0.25) is 5.91 Å². The Morgan fingerprint density at radius 1 is 1.24 bits per heavy atom. The second-order valence-corrected chi connectivity index (χ2v) is 6.15. The molecule has 1 fully saturated rings. The number of carbonyl (C=O) groups excluding carboxylic acids is 1. The van der Waals surface area contributed by atoms with Crippen LogP contribution in [0, 0.1) is 5.92 Å². The van der Waals surface area contributed by atoms with Crippen molar-refractivity contribution in [2.24, 2.45) is 11.7 Å². The first-order chi connectivity index (χ1) is 10.0. The molecular formula is C16H20N2O3. The van der Waals surface area contributed by atoms with Gasteiger partial charge in [-0.25, -0.2) is 0 Å². The lowest BCUT2D eigenvalue weighted by Gasteiger charge is -2.37. The minimum Gasteiger partial charge on any atom is -0.481 e. The Morgan fingerprint density at radius 2 is 1.90 bits per heavy atom. The number of carbonyl (C=O) groups is 2. The third-order valence-electron chi connectivity index (χ3n) is 4.67. The molecule has 1 unspecified atom stereocenters. The zero-order valence-corrected chi connectivity index (χ0v) is 11.9. The molecule has 0 saturated heterocycles. The maximum absolute atomic E-state index is 12.9. The van der Waals surface area contributed by atoms with Gasteiger partial charge in [0.25, 0.3) is 0 Å². The zero-order chi connectivity index (χ0) is 15.0. The van der Waals surface area contributed by atoms with Crippen LogP contribution in [0.5, 0.6) is 0 Å². The zero-order valence-electron chi connectivity index (χ0n) is 11.9. The highest BCUT2D eigenvalue weighted by molar-refractivity contribution is 6.02. The SMILES string of the molecule is NC1(C(=O)N2CC(C(=O)O)Cc3ccccc32)CCCC1. The van der Waals surface area contributed by atoms with Crippen molar-refractivity contribution < 1.29 is 14.7 Å². The van der Waals surface area contributed by atoms with Crippen molar-refractivity contribution in [3.05, 3.63) is 29.8 Å². The summed E-state index contributed by atoms with van der Waals surface area (Å²) in [6, 6.07) is 7.52. The van der Waals surface area contributed by atoms with E-state index < -0.39 is 17.4 Å². The van der Waals surface area contributed by atoms with Gasteiger partial charge in [-0.1, -0.05) is 31.0 Å². The number of amides is 1. The molecule has 0 bridgehead atoms. The summed E-state index contributed by atoms with van der Waals surface area (Å²) in [5.41, 5.74) is 7.17. The molecule has 1 aliphatic heterocycles. The number of carboxylic acids is 1. The van der Waals surface area contributed by atoms with Crippen LogP contribution in [0.15, 0.2) is 24.3 Å². The van der Waals surface area contributed by atoms with Gasteiger partial charge in [0.1, 0.15) is 0 Å². The highest BCUT2D eigenvalue weighted by Crippen LogP contribution is 2.35. The van der Waals surface area contributed by atoms with E-state index in [4.69, 9.17) is 5.73 Å². The Morgan fingerprint density at radius 3 is 2.57 bits per heavy atom. The van der Waals surface area contributed by atoms with Crippen LogP contribution in [-0.4, -0.2) is 29.1 Å². The Labute approximate surface area is 123 Å². The summed E-state index contributed by atoms with van der Waals surface area (Å²) in [5, 5.41) is 9.32. The van der Waals surface area contributed by atoms with E-state index in [0.717, 1.165) is 24.1 Å². The van der Waals surface area contributed by atoms with Crippen molar-refractivity contribution >= 4 is 17.6 Å². The van der Waals surface area contributed by atoms with E-state index in [1.165, 1.54) is 0 Å². The van der Waals surface area contributed by atoms with Crippen LogP contribution in [0.3, 0.4) is 0 Å². The maximum Gasteiger partial charge on any atom is 0.308 e. The van der Waals surface area contributed by atoms with E-state index in [9.17, 15) is 14.7 Å². The van der Waals surface area contributed by atoms with E-state index in [-0.39, 0.29) is 12.5 Å². The van der Waals surface area contributed by atoms with Crippen molar-refractivity contribution in [2.75, 3.05) is 11.4 Å². The second kappa shape index (κ2) is 5.15. The predicted molar refractivity (Wildman–Crippen MR) is 79.0 cm³/mol. The molecule has 1 heterocycles. The molecule has 1 saturated carbocycles. The van der Waals surface area contributed by atoms with Crippen molar-refractivity contribution in [1.82, 2.24) is 0 Å². The Kier molecular flexibility index (Phi) is 3.45. The quantitative estimate of drug-likeness (QED) is 0.864. The smallest absolute Gasteiger partial charge is 0.308 e. The Balaban J connectivity index is 1.96. The summed E-state index contributed by atoms with van der Waals surface area (Å²) in [5.74, 6) is -1.55. The fourth-order valence-corrected chi connectivity index (χ4v) is 3.44. The normalized spacial score (nSPS) is 23.7. The molecule has 5 heteroatoms. The van der Waals surface area contributed by atoms with Crippen LogP contribution in [0.25, 0.3) is 0 Å². The van der Waals surface area contributed by atoms with Crippen LogP contribution in [-0.2, 0) is 16.0 Å². The first-order valence-corrected chi connectivity index (χ1v) is 7.43. The van der Waals surface area contributed by atoms with E-state index in [2.05, 4.69) is 0 Å². The van der Waals surface area contributed by atoms with Gasteiger partial charge in [-0.15, -0.1) is 0 Å². The number of hydrogen-bond acceptors (Lipinski definition) is 3. The Bertz CT molecular complexity index is 579. The predicted octanol–water partition coefficient (Wildman–Crippen LogP) is 1.55. The van der Waals surface area contributed by atoms with Crippen LogP contribution in [0.4, 0.5) is 5.69 Å². The highest BCUT2D eigenvalue weighted by atomic mass is 16.4. The second-order valence-electron chi connectivity index (χ2n) is 6.15. The monoisotopic (exact) mass is 288 g/mol. The van der Waals surface area contributed by atoms with Crippen LogP contribution in [0.1, 0.15) is 31.2 Å². The van der Waals surface area contributed by atoms with E-state index in [0.29, 0.717) is 19.3 Å². The average Bonchev–Trinajstić information content (AvgIpc) is 2.93. The minimum atomic E-state index is -0.861. The third-order valence-corrected chi connectivity index (χ3v) is 4.67. The molecule has 5 nitrogen and oxygen atoms in total. The molecule has 112 valence electrons. The number of benzene rings is 1. The summed E-state index contributed by atoms with van der Waals surface area (Å²) in [7, 11) is 0. The number of rotatable bonds is 2. The van der Waals surface area contributed by atoms with Crippen molar-refractivity contribution in [2.45, 2.75) is 37.6 Å². The Hall–Kier alpha value is -1.88. The fraction of sp³-hybridized carbons (Fsp3) is 0.500. The van der Waals surface area contributed by atoms with Gasteiger partial charge in [0.05, 0.1) is 11.5 Å². The van der Waals surface area contributed by atoms with Gasteiger partial charge >= 0.3 is 5.97 Å². The van der Waals surface area contributed by atoms with Crippen molar-refractivity contribution in [3.8, 4) is 0 Å². The van der Waals surface area contributed by atoms with Gasteiger partial charge in [-0.3, -0.25) is 9.59 Å². The molecule has 1 amide bonds. The summed E-state index contributed by atoms with van der Waals surface area (Å²) in [6.45, 7) is 0.212. The number of nitrogens with two attached hydrogens (primary N) is 1. The maximum atomic E-state index is 12.9. The molecule has 1 aliphatic carbocycles. The largest absolute Gasteiger partial charge is 0.481 e.